The molecule has 5 heteroatoms. The number of hydrogen-bond acceptors (Lipinski definition) is 4. The molecule has 0 radical (unpaired) electrons. The summed E-state index contributed by atoms with van der Waals surface area (Å²) in [6, 6.07) is 5.23. The predicted molar refractivity (Wildman–Crippen MR) is 69.6 cm³/mol. The molecular formula is C14H19NO4. The summed E-state index contributed by atoms with van der Waals surface area (Å²) in [7, 11) is 0. The second kappa shape index (κ2) is 6.87. The van der Waals surface area contributed by atoms with Gasteiger partial charge in [0.15, 0.2) is 5.41 Å². The summed E-state index contributed by atoms with van der Waals surface area (Å²) in [6.45, 7) is 3.67. The van der Waals surface area contributed by atoms with Gasteiger partial charge in [-0.3, -0.25) is 14.6 Å². The highest BCUT2D eigenvalue weighted by Gasteiger charge is 2.47. The van der Waals surface area contributed by atoms with Crippen molar-refractivity contribution < 1.29 is 19.4 Å². The molecule has 104 valence electrons. The Morgan fingerprint density at radius 3 is 2.58 bits per heavy atom. The fourth-order valence-electron chi connectivity index (χ4n) is 2.04. The molecule has 0 aliphatic carbocycles. The van der Waals surface area contributed by atoms with Gasteiger partial charge < -0.3 is 9.84 Å². The Morgan fingerprint density at radius 1 is 1.37 bits per heavy atom. The largest absolute Gasteiger partial charge is 0.480 e. The number of aliphatic carboxylic acids is 1. The topological polar surface area (TPSA) is 76.5 Å². The van der Waals surface area contributed by atoms with Crippen molar-refractivity contribution in [2.45, 2.75) is 33.1 Å². The quantitative estimate of drug-likeness (QED) is 0.603. The number of aromatic nitrogens is 1. The molecule has 0 amide bonds. The van der Waals surface area contributed by atoms with Gasteiger partial charge in [0.25, 0.3) is 0 Å². The molecule has 0 bridgehead atoms. The zero-order chi connectivity index (χ0) is 14.3. The third-order valence-electron chi connectivity index (χ3n) is 2.96. The number of esters is 1. The van der Waals surface area contributed by atoms with Crippen LogP contribution in [0, 0.1) is 5.41 Å². The SMILES string of the molecule is CCCC(Cc1ccccn1)(C(=O)O)C(=O)OCC. The Balaban J connectivity index is 3.09. The number of rotatable bonds is 7. The van der Waals surface area contributed by atoms with Crippen LogP contribution in [0.4, 0.5) is 0 Å². The number of carbonyl (C=O) groups excluding carboxylic acids is 1. The van der Waals surface area contributed by atoms with Crippen molar-refractivity contribution >= 4 is 11.9 Å². The van der Waals surface area contributed by atoms with E-state index in [0.29, 0.717) is 12.1 Å². The Morgan fingerprint density at radius 2 is 2.11 bits per heavy atom. The van der Waals surface area contributed by atoms with E-state index in [1.807, 2.05) is 6.92 Å². The van der Waals surface area contributed by atoms with Crippen LogP contribution in [0.3, 0.4) is 0 Å². The van der Waals surface area contributed by atoms with Crippen LogP contribution < -0.4 is 0 Å². The molecule has 0 saturated heterocycles. The van der Waals surface area contributed by atoms with Crippen LogP contribution in [0.1, 0.15) is 32.4 Å². The monoisotopic (exact) mass is 265 g/mol. The summed E-state index contributed by atoms with van der Waals surface area (Å²) < 4.78 is 4.95. The maximum atomic E-state index is 12.1. The van der Waals surface area contributed by atoms with Gasteiger partial charge in [-0.2, -0.15) is 0 Å². The fraction of sp³-hybridized carbons (Fsp3) is 0.500. The van der Waals surface area contributed by atoms with Crippen LogP contribution in [0.15, 0.2) is 24.4 Å². The van der Waals surface area contributed by atoms with Crippen molar-refractivity contribution in [3.05, 3.63) is 30.1 Å². The van der Waals surface area contributed by atoms with Gasteiger partial charge in [0.2, 0.25) is 0 Å². The highest BCUT2D eigenvalue weighted by atomic mass is 16.5. The summed E-state index contributed by atoms with van der Waals surface area (Å²) in [6.07, 6.45) is 2.45. The van der Waals surface area contributed by atoms with Crippen molar-refractivity contribution in [2.75, 3.05) is 6.61 Å². The van der Waals surface area contributed by atoms with E-state index in [9.17, 15) is 14.7 Å². The molecule has 1 aromatic heterocycles. The molecule has 5 nitrogen and oxygen atoms in total. The van der Waals surface area contributed by atoms with Gasteiger partial charge in [-0.25, -0.2) is 0 Å². The molecule has 1 unspecified atom stereocenters. The third kappa shape index (κ3) is 3.53. The van der Waals surface area contributed by atoms with Crippen molar-refractivity contribution in [1.29, 1.82) is 0 Å². The van der Waals surface area contributed by atoms with E-state index in [0.717, 1.165) is 0 Å². The van der Waals surface area contributed by atoms with Gasteiger partial charge in [-0.1, -0.05) is 19.4 Å². The fourth-order valence-corrected chi connectivity index (χ4v) is 2.04. The Labute approximate surface area is 112 Å². The van der Waals surface area contributed by atoms with Crippen LogP contribution in [0.2, 0.25) is 0 Å². The number of carboxylic acid groups (broad SMARTS) is 1. The Kier molecular flexibility index (Phi) is 5.48. The minimum atomic E-state index is -1.54. The zero-order valence-electron chi connectivity index (χ0n) is 11.3. The van der Waals surface area contributed by atoms with Crippen LogP contribution in [-0.2, 0) is 20.7 Å². The number of hydrogen-bond donors (Lipinski definition) is 1. The van der Waals surface area contributed by atoms with E-state index >= 15 is 0 Å². The lowest BCUT2D eigenvalue weighted by Gasteiger charge is -2.26. The zero-order valence-corrected chi connectivity index (χ0v) is 11.3. The van der Waals surface area contributed by atoms with Crippen LogP contribution >= 0.6 is 0 Å². The van der Waals surface area contributed by atoms with Crippen LogP contribution in [0.5, 0.6) is 0 Å². The Bertz CT molecular complexity index is 432. The number of carboxylic acids is 1. The molecule has 0 fully saturated rings. The van der Waals surface area contributed by atoms with E-state index in [2.05, 4.69) is 4.98 Å². The smallest absolute Gasteiger partial charge is 0.323 e. The average Bonchev–Trinajstić information content (AvgIpc) is 2.39. The normalized spacial score (nSPS) is 13.6. The second-order valence-corrected chi connectivity index (χ2v) is 4.36. The van der Waals surface area contributed by atoms with E-state index < -0.39 is 17.4 Å². The molecule has 19 heavy (non-hydrogen) atoms. The first kappa shape index (κ1) is 15.1. The van der Waals surface area contributed by atoms with Gasteiger partial charge in [0, 0.05) is 18.3 Å². The lowest BCUT2D eigenvalue weighted by atomic mass is 9.79. The second-order valence-electron chi connectivity index (χ2n) is 4.36. The summed E-state index contributed by atoms with van der Waals surface area (Å²) in [5.74, 6) is -1.84. The van der Waals surface area contributed by atoms with Crippen molar-refractivity contribution in [1.82, 2.24) is 4.98 Å². The molecule has 1 atom stereocenters. The number of pyridine rings is 1. The van der Waals surface area contributed by atoms with E-state index in [4.69, 9.17) is 4.74 Å². The lowest BCUT2D eigenvalue weighted by Crippen LogP contribution is -2.42. The first-order valence-corrected chi connectivity index (χ1v) is 6.37. The summed E-state index contributed by atoms with van der Waals surface area (Å²) >= 11 is 0. The van der Waals surface area contributed by atoms with E-state index in [1.165, 1.54) is 0 Å². The maximum absolute atomic E-state index is 12.1. The molecule has 1 rings (SSSR count). The van der Waals surface area contributed by atoms with Crippen molar-refractivity contribution in [3.63, 3.8) is 0 Å². The van der Waals surface area contributed by atoms with Crippen molar-refractivity contribution in [2.24, 2.45) is 5.41 Å². The third-order valence-corrected chi connectivity index (χ3v) is 2.96. The molecule has 0 spiro atoms. The minimum Gasteiger partial charge on any atom is -0.480 e. The minimum absolute atomic E-state index is 0.0514. The first-order valence-electron chi connectivity index (χ1n) is 6.37. The van der Waals surface area contributed by atoms with Gasteiger partial charge >= 0.3 is 11.9 Å². The summed E-state index contributed by atoms with van der Waals surface area (Å²) in [5.41, 5.74) is -0.967. The standard InChI is InChI=1S/C14H19NO4/c1-3-8-14(12(16)17,13(18)19-4-2)10-11-7-5-6-9-15-11/h5-7,9H,3-4,8,10H2,1-2H3,(H,16,17). The molecular weight excluding hydrogens is 246 g/mol. The maximum Gasteiger partial charge on any atom is 0.323 e. The molecule has 0 saturated carbocycles. The van der Waals surface area contributed by atoms with Crippen LogP contribution in [0.25, 0.3) is 0 Å². The number of carbonyl (C=O) groups is 2. The number of ether oxygens (including phenoxy) is 1. The Hall–Kier alpha value is -1.91. The van der Waals surface area contributed by atoms with Crippen LogP contribution in [-0.4, -0.2) is 28.6 Å². The highest BCUT2D eigenvalue weighted by Crippen LogP contribution is 2.30. The highest BCUT2D eigenvalue weighted by molar-refractivity contribution is 5.99. The van der Waals surface area contributed by atoms with Gasteiger partial charge in [-0.15, -0.1) is 0 Å². The summed E-state index contributed by atoms with van der Waals surface area (Å²) in [5, 5.41) is 9.48. The van der Waals surface area contributed by atoms with Gasteiger partial charge in [0.1, 0.15) is 0 Å². The molecule has 1 N–H and O–H groups in total. The van der Waals surface area contributed by atoms with Gasteiger partial charge in [0.05, 0.1) is 6.61 Å². The molecule has 1 heterocycles. The average molecular weight is 265 g/mol. The summed E-state index contributed by atoms with van der Waals surface area (Å²) in [4.78, 5) is 27.8. The number of nitrogens with zero attached hydrogens (tertiary/aromatic N) is 1. The first-order chi connectivity index (χ1) is 9.06. The van der Waals surface area contributed by atoms with E-state index in [1.54, 1.807) is 31.3 Å². The van der Waals surface area contributed by atoms with Crippen molar-refractivity contribution in [3.8, 4) is 0 Å². The van der Waals surface area contributed by atoms with E-state index in [-0.39, 0.29) is 19.4 Å². The molecule has 0 aromatic carbocycles. The molecule has 0 aliphatic rings. The lowest BCUT2D eigenvalue weighted by molar-refractivity contribution is -0.169. The molecule has 1 aromatic rings. The molecule has 0 aliphatic heterocycles. The predicted octanol–water partition coefficient (Wildman–Crippen LogP) is 2.06. The van der Waals surface area contributed by atoms with Gasteiger partial charge in [-0.05, 0) is 25.5 Å².